The Kier molecular flexibility index (Phi) is 3.32. The summed E-state index contributed by atoms with van der Waals surface area (Å²) in [6, 6.07) is 5.74. The minimum Gasteiger partial charge on any atom is -0.392 e. The van der Waals surface area contributed by atoms with Gasteiger partial charge in [0.15, 0.2) is 0 Å². The molecule has 0 bridgehead atoms. The van der Waals surface area contributed by atoms with Crippen LogP contribution in [-0.4, -0.2) is 11.7 Å². The van der Waals surface area contributed by atoms with Gasteiger partial charge in [-0.1, -0.05) is 35.9 Å². The van der Waals surface area contributed by atoms with E-state index in [9.17, 15) is 0 Å². The quantitative estimate of drug-likeness (QED) is 0.746. The molecule has 0 spiro atoms. The van der Waals surface area contributed by atoms with Gasteiger partial charge in [-0.15, -0.1) is 0 Å². The van der Waals surface area contributed by atoms with Gasteiger partial charge in [0.05, 0.1) is 6.61 Å². The van der Waals surface area contributed by atoms with Crippen molar-refractivity contribution in [1.82, 2.24) is 0 Å². The highest BCUT2D eigenvalue weighted by atomic mass is 35.5. The Balaban J connectivity index is 3.04. The van der Waals surface area contributed by atoms with Crippen molar-refractivity contribution in [3.05, 3.63) is 40.4 Å². The minimum absolute atomic E-state index is 0.0463. The second kappa shape index (κ2) is 4.29. The highest BCUT2D eigenvalue weighted by Crippen LogP contribution is 2.20. The average molecular weight is 183 g/mol. The van der Waals surface area contributed by atoms with Gasteiger partial charge in [-0.25, -0.2) is 0 Å². The Bertz CT molecular complexity index is 272. The number of benzene rings is 1. The molecule has 0 atom stereocenters. The fourth-order valence-electron chi connectivity index (χ4n) is 1.03. The summed E-state index contributed by atoms with van der Waals surface area (Å²) >= 11 is 5.93. The molecule has 0 heterocycles. The smallest absolute Gasteiger partial charge is 0.0615 e. The molecule has 0 unspecified atom stereocenters. The van der Waals surface area contributed by atoms with Crippen LogP contribution in [0.3, 0.4) is 0 Å². The number of aliphatic hydroxyl groups is 1. The topological polar surface area (TPSA) is 20.2 Å². The molecule has 1 aromatic rings. The highest BCUT2D eigenvalue weighted by Gasteiger charge is 1.97. The Hall–Kier alpha value is -0.790. The van der Waals surface area contributed by atoms with Gasteiger partial charge in [-0.3, -0.25) is 0 Å². The van der Waals surface area contributed by atoms with Crippen molar-refractivity contribution in [1.29, 1.82) is 0 Å². The van der Waals surface area contributed by atoms with Gasteiger partial charge in [-0.2, -0.15) is 0 Å². The van der Waals surface area contributed by atoms with Crippen molar-refractivity contribution in [2.45, 2.75) is 6.92 Å². The SMILES string of the molecule is Cc1cccc(Cl)c1C=CCO. The van der Waals surface area contributed by atoms with Gasteiger partial charge in [0.25, 0.3) is 0 Å². The first-order valence-corrected chi connectivity index (χ1v) is 4.16. The second-order valence-electron chi connectivity index (χ2n) is 2.56. The van der Waals surface area contributed by atoms with Crippen molar-refractivity contribution in [3.8, 4) is 0 Å². The van der Waals surface area contributed by atoms with Crippen molar-refractivity contribution in [2.24, 2.45) is 0 Å². The first kappa shape index (κ1) is 9.30. The lowest BCUT2D eigenvalue weighted by molar-refractivity contribution is 0.343. The second-order valence-corrected chi connectivity index (χ2v) is 2.96. The number of halogens is 1. The van der Waals surface area contributed by atoms with Gasteiger partial charge < -0.3 is 5.11 Å². The molecule has 0 amide bonds. The van der Waals surface area contributed by atoms with E-state index >= 15 is 0 Å². The van der Waals surface area contributed by atoms with Crippen LogP contribution in [-0.2, 0) is 0 Å². The number of aryl methyl sites for hydroxylation is 1. The van der Waals surface area contributed by atoms with Gasteiger partial charge in [-0.05, 0) is 24.1 Å². The molecule has 1 nitrogen and oxygen atoms in total. The molecule has 1 aromatic carbocycles. The molecule has 12 heavy (non-hydrogen) atoms. The lowest BCUT2D eigenvalue weighted by atomic mass is 10.1. The lowest BCUT2D eigenvalue weighted by Gasteiger charge is -2.01. The third-order valence-corrected chi connectivity index (χ3v) is 1.99. The molecule has 1 rings (SSSR count). The predicted molar refractivity (Wildman–Crippen MR) is 52.3 cm³/mol. The van der Waals surface area contributed by atoms with Crippen molar-refractivity contribution >= 4 is 17.7 Å². The van der Waals surface area contributed by atoms with Gasteiger partial charge in [0.2, 0.25) is 0 Å². The molecule has 0 aromatic heterocycles. The normalized spacial score (nSPS) is 10.9. The first-order chi connectivity index (χ1) is 5.75. The summed E-state index contributed by atoms with van der Waals surface area (Å²) in [7, 11) is 0. The summed E-state index contributed by atoms with van der Waals surface area (Å²) in [5.41, 5.74) is 2.10. The Morgan fingerprint density at radius 3 is 2.83 bits per heavy atom. The largest absolute Gasteiger partial charge is 0.392 e. The van der Waals surface area contributed by atoms with E-state index in [4.69, 9.17) is 16.7 Å². The number of hydrogen-bond donors (Lipinski definition) is 1. The van der Waals surface area contributed by atoms with E-state index in [1.165, 1.54) is 0 Å². The molecular formula is C10H11ClO. The maximum Gasteiger partial charge on any atom is 0.0615 e. The molecule has 0 saturated heterocycles. The number of rotatable bonds is 2. The molecule has 0 aliphatic carbocycles. The molecule has 0 fully saturated rings. The lowest BCUT2D eigenvalue weighted by Crippen LogP contribution is -1.82. The van der Waals surface area contributed by atoms with E-state index in [0.29, 0.717) is 0 Å². The van der Waals surface area contributed by atoms with E-state index in [-0.39, 0.29) is 6.61 Å². The molecular weight excluding hydrogens is 172 g/mol. The van der Waals surface area contributed by atoms with Crippen LogP contribution < -0.4 is 0 Å². The minimum atomic E-state index is 0.0463. The number of aliphatic hydroxyl groups excluding tert-OH is 1. The summed E-state index contributed by atoms with van der Waals surface area (Å²) in [6.45, 7) is 2.04. The van der Waals surface area contributed by atoms with E-state index in [2.05, 4.69) is 0 Å². The van der Waals surface area contributed by atoms with Gasteiger partial charge >= 0.3 is 0 Å². The van der Waals surface area contributed by atoms with E-state index in [0.717, 1.165) is 16.1 Å². The molecule has 2 heteroatoms. The van der Waals surface area contributed by atoms with Crippen molar-refractivity contribution in [3.63, 3.8) is 0 Å². The van der Waals surface area contributed by atoms with Crippen molar-refractivity contribution < 1.29 is 5.11 Å². The molecule has 0 saturated carbocycles. The Labute approximate surface area is 77.3 Å². The zero-order valence-electron chi connectivity index (χ0n) is 6.92. The van der Waals surface area contributed by atoms with Crippen LogP contribution in [0.4, 0.5) is 0 Å². The van der Waals surface area contributed by atoms with Gasteiger partial charge in [0.1, 0.15) is 0 Å². The predicted octanol–water partition coefficient (Wildman–Crippen LogP) is 2.65. The Morgan fingerprint density at radius 1 is 1.50 bits per heavy atom. The zero-order chi connectivity index (χ0) is 8.97. The summed E-state index contributed by atoms with van der Waals surface area (Å²) in [5, 5.41) is 9.30. The molecule has 64 valence electrons. The van der Waals surface area contributed by atoms with Crippen LogP contribution in [0, 0.1) is 6.92 Å². The number of hydrogen-bond acceptors (Lipinski definition) is 1. The summed E-state index contributed by atoms with van der Waals surface area (Å²) in [5.74, 6) is 0. The van der Waals surface area contributed by atoms with E-state index < -0.39 is 0 Å². The Morgan fingerprint density at radius 2 is 2.25 bits per heavy atom. The van der Waals surface area contributed by atoms with E-state index in [1.807, 2.05) is 31.2 Å². The molecule has 0 aliphatic heterocycles. The van der Waals surface area contributed by atoms with E-state index in [1.54, 1.807) is 6.08 Å². The fourth-order valence-corrected chi connectivity index (χ4v) is 1.31. The monoisotopic (exact) mass is 182 g/mol. The van der Waals surface area contributed by atoms with Crippen LogP contribution in [0.1, 0.15) is 11.1 Å². The van der Waals surface area contributed by atoms with Crippen LogP contribution in [0.25, 0.3) is 6.08 Å². The maximum absolute atomic E-state index is 8.58. The van der Waals surface area contributed by atoms with Crippen molar-refractivity contribution in [2.75, 3.05) is 6.61 Å². The van der Waals surface area contributed by atoms with Crippen LogP contribution in [0.15, 0.2) is 24.3 Å². The first-order valence-electron chi connectivity index (χ1n) is 3.78. The van der Waals surface area contributed by atoms with Gasteiger partial charge in [0, 0.05) is 5.02 Å². The molecule has 0 aliphatic rings. The molecule has 1 N–H and O–H groups in total. The third kappa shape index (κ3) is 2.10. The van der Waals surface area contributed by atoms with Crippen LogP contribution in [0.2, 0.25) is 5.02 Å². The maximum atomic E-state index is 8.58. The van der Waals surface area contributed by atoms with Crippen LogP contribution >= 0.6 is 11.6 Å². The summed E-state index contributed by atoms with van der Waals surface area (Å²) < 4.78 is 0. The summed E-state index contributed by atoms with van der Waals surface area (Å²) in [4.78, 5) is 0. The average Bonchev–Trinajstić information content (AvgIpc) is 2.04. The highest BCUT2D eigenvalue weighted by molar-refractivity contribution is 6.32. The van der Waals surface area contributed by atoms with Crippen LogP contribution in [0.5, 0.6) is 0 Å². The standard InChI is InChI=1S/C10H11ClO/c1-8-4-2-6-10(11)9(8)5-3-7-12/h2-6,12H,7H2,1H3. The third-order valence-electron chi connectivity index (χ3n) is 1.66. The zero-order valence-corrected chi connectivity index (χ0v) is 7.67. The summed E-state index contributed by atoms with van der Waals surface area (Å²) in [6.07, 6.45) is 3.51. The fraction of sp³-hybridized carbons (Fsp3) is 0.200. The molecule has 0 radical (unpaired) electrons.